The van der Waals surface area contributed by atoms with E-state index in [1.807, 2.05) is 13.8 Å². The van der Waals surface area contributed by atoms with E-state index in [0.717, 1.165) is 12.0 Å². The molecule has 0 aromatic carbocycles. The zero-order valence-corrected chi connectivity index (χ0v) is 21.8. The van der Waals surface area contributed by atoms with Gasteiger partial charge in [-0.05, 0) is 92.6 Å². The fourth-order valence-corrected chi connectivity index (χ4v) is 8.40. The molecule has 0 spiro atoms. The molecular weight excluding hydrogens is 432 g/mol. The Labute approximate surface area is 204 Å². The van der Waals surface area contributed by atoms with Crippen LogP contribution < -0.4 is 0 Å². The van der Waals surface area contributed by atoms with Crippen LogP contribution in [0.25, 0.3) is 0 Å². The Bertz CT molecular complexity index is 850. The molecule has 0 heterocycles. The molecule has 6 nitrogen and oxygen atoms in total. The smallest absolute Gasteiger partial charge is 0.159 e. The van der Waals surface area contributed by atoms with Crippen molar-refractivity contribution in [2.24, 2.45) is 40.4 Å². The Hall–Kier alpha value is -0.790. The first kappa shape index (κ1) is 26.3. The van der Waals surface area contributed by atoms with Crippen LogP contribution in [-0.2, 0) is 4.79 Å². The number of aliphatic hydroxyl groups excluding tert-OH is 3. The summed E-state index contributed by atoms with van der Waals surface area (Å²) in [6.45, 7) is 12.1. The number of ketones is 1. The standard InChI is InChI=1S/C28H46O6/c1-15(2)16(3)11-24(32)27(6,33)23-8-10-28(34)18-12-20(29)19-13-21(30)22(31)14-25(19,4)17(18)7-9-26(23,28)5/h12,15-17,19,21-24,30-34H,7-11,13-14H2,1-6H3/t16-,17-,19-,21+,22-,23-,24+,25+,26+,27+,28+/m1/s1. The Balaban J connectivity index is 1.68. The van der Waals surface area contributed by atoms with Crippen molar-refractivity contribution in [3.63, 3.8) is 0 Å². The van der Waals surface area contributed by atoms with Crippen LogP contribution in [0.2, 0.25) is 0 Å². The Morgan fingerprint density at radius 2 is 1.74 bits per heavy atom. The van der Waals surface area contributed by atoms with Gasteiger partial charge in [0.15, 0.2) is 5.78 Å². The molecule has 4 rings (SSSR count). The number of carbonyl (C=O) groups excluding carboxylic acids is 1. The summed E-state index contributed by atoms with van der Waals surface area (Å²) in [5.74, 6) is -0.126. The third kappa shape index (κ3) is 3.58. The maximum Gasteiger partial charge on any atom is 0.159 e. The molecule has 4 aliphatic carbocycles. The van der Waals surface area contributed by atoms with Gasteiger partial charge in [-0.25, -0.2) is 0 Å². The minimum atomic E-state index is -1.36. The van der Waals surface area contributed by atoms with Gasteiger partial charge in [-0.2, -0.15) is 0 Å². The van der Waals surface area contributed by atoms with Gasteiger partial charge in [-0.1, -0.05) is 34.6 Å². The summed E-state index contributed by atoms with van der Waals surface area (Å²) in [7, 11) is 0. The molecule has 0 aromatic rings. The maximum atomic E-state index is 13.3. The summed E-state index contributed by atoms with van der Waals surface area (Å²) < 4.78 is 0. The second-order valence-electron chi connectivity index (χ2n) is 13.3. The number of carbonyl (C=O) groups is 1. The van der Waals surface area contributed by atoms with E-state index in [-0.39, 0.29) is 35.9 Å². The molecule has 6 heteroatoms. The van der Waals surface area contributed by atoms with Gasteiger partial charge < -0.3 is 25.5 Å². The Kier molecular flexibility index (Phi) is 6.47. The van der Waals surface area contributed by atoms with Crippen LogP contribution in [0.3, 0.4) is 0 Å². The molecule has 34 heavy (non-hydrogen) atoms. The summed E-state index contributed by atoms with van der Waals surface area (Å²) in [6, 6.07) is 0. The SMILES string of the molecule is CC(C)[C@H](C)C[C@H](O)[C@@](C)(O)[C@@H]1CC[C@]2(O)C3=CC(=O)[C@H]4C[C@H](O)[C@H](O)C[C@@]4(C)[C@@H]3CC[C@@]12C. The molecule has 11 atom stereocenters. The van der Waals surface area contributed by atoms with Gasteiger partial charge in [0, 0.05) is 11.3 Å². The van der Waals surface area contributed by atoms with E-state index in [4.69, 9.17) is 0 Å². The number of fused-ring (bicyclic) bond motifs is 5. The topological polar surface area (TPSA) is 118 Å². The first-order chi connectivity index (χ1) is 15.6. The highest BCUT2D eigenvalue weighted by atomic mass is 16.3. The van der Waals surface area contributed by atoms with Crippen LogP contribution in [0, 0.1) is 40.4 Å². The first-order valence-corrected chi connectivity index (χ1v) is 13.3. The highest BCUT2D eigenvalue weighted by Gasteiger charge is 2.69. The van der Waals surface area contributed by atoms with E-state index in [1.54, 1.807) is 13.0 Å². The molecular formula is C28H46O6. The van der Waals surface area contributed by atoms with Crippen molar-refractivity contribution >= 4 is 5.78 Å². The van der Waals surface area contributed by atoms with Gasteiger partial charge in [0.05, 0.1) is 29.5 Å². The van der Waals surface area contributed by atoms with Crippen molar-refractivity contribution in [3.05, 3.63) is 11.6 Å². The van der Waals surface area contributed by atoms with E-state index in [1.165, 1.54) is 0 Å². The number of rotatable bonds is 5. The Morgan fingerprint density at radius 1 is 1.09 bits per heavy atom. The summed E-state index contributed by atoms with van der Waals surface area (Å²) in [4.78, 5) is 13.3. The second-order valence-corrected chi connectivity index (χ2v) is 13.3. The molecule has 0 unspecified atom stereocenters. The molecule has 0 saturated heterocycles. The summed E-state index contributed by atoms with van der Waals surface area (Å²) in [5, 5.41) is 55.8. The van der Waals surface area contributed by atoms with E-state index in [0.29, 0.717) is 38.0 Å². The lowest BCUT2D eigenvalue weighted by atomic mass is 9.45. The highest BCUT2D eigenvalue weighted by Crippen LogP contribution is 2.68. The van der Waals surface area contributed by atoms with Gasteiger partial charge in [-0.15, -0.1) is 0 Å². The van der Waals surface area contributed by atoms with Gasteiger partial charge in [0.2, 0.25) is 0 Å². The molecule has 0 aromatic heterocycles. The zero-order valence-electron chi connectivity index (χ0n) is 21.8. The monoisotopic (exact) mass is 478 g/mol. The molecule has 3 fully saturated rings. The predicted molar refractivity (Wildman–Crippen MR) is 130 cm³/mol. The van der Waals surface area contributed by atoms with E-state index >= 15 is 0 Å². The normalized spacial score (nSPS) is 47.8. The van der Waals surface area contributed by atoms with Crippen LogP contribution in [0.4, 0.5) is 0 Å². The van der Waals surface area contributed by atoms with Crippen LogP contribution in [-0.4, -0.2) is 60.8 Å². The maximum absolute atomic E-state index is 13.3. The molecule has 4 aliphatic rings. The largest absolute Gasteiger partial charge is 0.390 e. The van der Waals surface area contributed by atoms with Gasteiger partial charge >= 0.3 is 0 Å². The summed E-state index contributed by atoms with van der Waals surface area (Å²) in [5.41, 5.74) is -3.03. The quantitative estimate of drug-likeness (QED) is 0.415. The molecule has 5 N–H and O–H groups in total. The number of hydrogen-bond donors (Lipinski definition) is 5. The molecule has 0 bridgehead atoms. The van der Waals surface area contributed by atoms with Crippen LogP contribution in [0.15, 0.2) is 11.6 Å². The van der Waals surface area contributed by atoms with Gasteiger partial charge in [0.25, 0.3) is 0 Å². The molecule has 3 saturated carbocycles. The third-order valence-electron chi connectivity index (χ3n) is 11.2. The van der Waals surface area contributed by atoms with Crippen molar-refractivity contribution in [1.29, 1.82) is 0 Å². The first-order valence-electron chi connectivity index (χ1n) is 13.3. The van der Waals surface area contributed by atoms with Crippen LogP contribution in [0.5, 0.6) is 0 Å². The zero-order chi connectivity index (χ0) is 25.4. The highest BCUT2D eigenvalue weighted by molar-refractivity contribution is 5.95. The van der Waals surface area contributed by atoms with Crippen molar-refractivity contribution < 1.29 is 30.3 Å². The Morgan fingerprint density at radius 3 is 2.35 bits per heavy atom. The van der Waals surface area contributed by atoms with Crippen LogP contribution >= 0.6 is 0 Å². The fourth-order valence-electron chi connectivity index (χ4n) is 8.40. The number of aliphatic hydroxyl groups is 5. The number of hydrogen-bond acceptors (Lipinski definition) is 6. The van der Waals surface area contributed by atoms with Gasteiger partial charge in [-0.3, -0.25) is 4.79 Å². The lowest BCUT2D eigenvalue weighted by Gasteiger charge is -2.60. The molecule has 0 amide bonds. The minimum absolute atomic E-state index is 0.0509. The minimum Gasteiger partial charge on any atom is -0.390 e. The molecule has 0 aliphatic heterocycles. The third-order valence-corrected chi connectivity index (χ3v) is 11.2. The summed E-state index contributed by atoms with van der Waals surface area (Å²) >= 11 is 0. The molecule has 194 valence electrons. The second kappa shape index (κ2) is 8.37. The average Bonchev–Trinajstić information content (AvgIpc) is 3.02. The van der Waals surface area contributed by atoms with Crippen LogP contribution in [0.1, 0.15) is 86.5 Å². The van der Waals surface area contributed by atoms with Crippen molar-refractivity contribution in [2.75, 3.05) is 0 Å². The predicted octanol–water partition coefficient (Wildman–Crippen LogP) is 2.99. The van der Waals surface area contributed by atoms with E-state index in [9.17, 15) is 30.3 Å². The lowest BCUT2D eigenvalue weighted by molar-refractivity contribution is -0.177. The number of allylic oxidation sites excluding steroid dienone is 1. The average molecular weight is 479 g/mol. The molecule has 0 radical (unpaired) electrons. The fraction of sp³-hybridized carbons (Fsp3) is 0.893. The van der Waals surface area contributed by atoms with Gasteiger partial charge in [0.1, 0.15) is 0 Å². The van der Waals surface area contributed by atoms with Crippen molar-refractivity contribution in [2.45, 2.75) is 116 Å². The van der Waals surface area contributed by atoms with Crippen molar-refractivity contribution in [1.82, 2.24) is 0 Å². The lowest BCUT2D eigenvalue weighted by Crippen LogP contribution is -2.62. The van der Waals surface area contributed by atoms with E-state index < -0.39 is 40.3 Å². The van der Waals surface area contributed by atoms with E-state index in [2.05, 4.69) is 20.8 Å². The van der Waals surface area contributed by atoms with Crippen molar-refractivity contribution in [3.8, 4) is 0 Å². The summed E-state index contributed by atoms with van der Waals surface area (Å²) in [6.07, 6.45) is 2.51.